The molecular formula is C10H19N2O+. The highest BCUT2D eigenvalue weighted by atomic mass is 16.6. The number of nitrogens with zero attached hydrogens (tertiary/aromatic N) is 2. The van der Waals surface area contributed by atoms with Crippen LogP contribution >= 0.6 is 0 Å². The molecule has 0 radical (unpaired) electrons. The Morgan fingerprint density at radius 3 is 1.92 bits per heavy atom. The minimum Gasteiger partial charge on any atom is -0.0845 e. The predicted octanol–water partition coefficient (Wildman–Crippen LogP) is 2.01. The van der Waals surface area contributed by atoms with Crippen LogP contribution in [0.2, 0.25) is 0 Å². The number of hydrogen-bond donors (Lipinski definition) is 0. The highest BCUT2D eigenvalue weighted by Crippen LogP contribution is 2.18. The zero-order chi connectivity index (χ0) is 10.3. The van der Waals surface area contributed by atoms with Gasteiger partial charge < -0.3 is 0 Å². The Morgan fingerprint density at radius 2 is 1.69 bits per heavy atom. The van der Waals surface area contributed by atoms with E-state index in [1.165, 1.54) is 0 Å². The van der Waals surface area contributed by atoms with Crippen LogP contribution < -0.4 is 4.74 Å². The number of rotatable bonds is 0. The molecule has 1 aromatic heterocycles. The van der Waals surface area contributed by atoms with E-state index >= 15 is 0 Å². The van der Waals surface area contributed by atoms with Crippen molar-refractivity contribution in [2.24, 2.45) is 0 Å². The normalized spacial score (nSPS) is 13.4. The van der Waals surface area contributed by atoms with Gasteiger partial charge in [-0.3, -0.25) is 0 Å². The highest BCUT2D eigenvalue weighted by molar-refractivity contribution is 5.02. The van der Waals surface area contributed by atoms with Crippen molar-refractivity contribution in [3.8, 4) is 0 Å². The minimum atomic E-state index is -0.0312. The zero-order valence-electron chi connectivity index (χ0n) is 9.38. The molecule has 0 aliphatic heterocycles. The van der Waals surface area contributed by atoms with Gasteiger partial charge in [0.2, 0.25) is 5.69 Å². The van der Waals surface area contributed by atoms with Crippen LogP contribution in [0.5, 0.6) is 0 Å². The first-order valence-electron chi connectivity index (χ1n) is 4.61. The Labute approximate surface area is 79.7 Å². The van der Waals surface area contributed by atoms with Gasteiger partial charge in [-0.2, -0.15) is 0 Å². The summed E-state index contributed by atoms with van der Waals surface area (Å²) < 4.78 is 7.01. The molecule has 0 aromatic carbocycles. The summed E-state index contributed by atoms with van der Waals surface area (Å²) in [5.41, 5.74) is 1.01. The van der Waals surface area contributed by atoms with Crippen molar-refractivity contribution in [3.05, 3.63) is 11.9 Å². The minimum absolute atomic E-state index is 0.0312. The monoisotopic (exact) mass is 183 g/mol. The van der Waals surface area contributed by atoms with E-state index in [0.29, 0.717) is 0 Å². The Morgan fingerprint density at radius 1 is 1.15 bits per heavy atom. The molecule has 1 rings (SSSR count). The molecule has 0 spiro atoms. The van der Waals surface area contributed by atoms with E-state index in [4.69, 9.17) is 4.63 Å². The summed E-state index contributed by atoms with van der Waals surface area (Å²) >= 11 is 0. The molecule has 1 aromatic rings. The molecule has 0 bridgehead atoms. The van der Waals surface area contributed by atoms with E-state index < -0.39 is 0 Å². The van der Waals surface area contributed by atoms with E-state index in [1.807, 2.05) is 6.20 Å². The van der Waals surface area contributed by atoms with Crippen molar-refractivity contribution in [2.75, 3.05) is 0 Å². The van der Waals surface area contributed by atoms with Gasteiger partial charge in [0.25, 0.3) is 0 Å². The molecule has 0 fully saturated rings. The second-order valence-electron chi connectivity index (χ2n) is 5.43. The predicted molar refractivity (Wildman–Crippen MR) is 50.4 cm³/mol. The van der Waals surface area contributed by atoms with Crippen LogP contribution in [-0.4, -0.2) is 5.16 Å². The number of hydrogen-bond acceptors (Lipinski definition) is 2. The van der Waals surface area contributed by atoms with Crippen LogP contribution in [0.4, 0.5) is 0 Å². The SMILES string of the molecule is CC(C)(C)c1c[n+](C(C)(C)C)on1. The van der Waals surface area contributed by atoms with Gasteiger partial charge in [0, 0.05) is 5.41 Å². The van der Waals surface area contributed by atoms with Gasteiger partial charge in [0.05, 0.1) is 0 Å². The van der Waals surface area contributed by atoms with Crippen molar-refractivity contribution >= 4 is 0 Å². The highest BCUT2D eigenvalue weighted by Gasteiger charge is 2.30. The van der Waals surface area contributed by atoms with Gasteiger partial charge >= 0.3 is 0 Å². The molecule has 0 N–H and O–H groups in total. The first-order valence-corrected chi connectivity index (χ1v) is 4.61. The summed E-state index contributed by atoms with van der Waals surface area (Å²) in [6, 6.07) is 0. The smallest absolute Gasteiger partial charge is 0.0845 e. The lowest BCUT2D eigenvalue weighted by Gasteiger charge is -2.10. The molecule has 0 unspecified atom stereocenters. The third kappa shape index (κ3) is 2.29. The lowest BCUT2D eigenvalue weighted by Crippen LogP contribution is -2.48. The fourth-order valence-corrected chi connectivity index (χ4v) is 0.893. The Bertz CT molecular complexity index is 260. The van der Waals surface area contributed by atoms with E-state index in [1.54, 1.807) is 4.74 Å². The fraction of sp³-hybridized carbons (Fsp3) is 0.800. The molecule has 3 heteroatoms. The Kier molecular flexibility index (Phi) is 2.22. The maximum atomic E-state index is 5.22. The summed E-state index contributed by atoms with van der Waals surface area (Å²) in [5.74, 6) is 0. The molecule has 0 saturated carbocycles. The van der Waals surface area contributed by atoms with Crippen molar-refractivity contribution in [3.63, 3.8) is 0 Å². The zero-order valence-corrected chi connectivity index (χ0v) is 9.38. The van der Waals surface area contributed by atoms with Crippen molar-refractivity contribution in [1.29, 1.82) is 0 Å². The second-order valence-corrected chi connectivity index (χ2v) is 5.43. The van der Waals surface area contributed by atoms with Gasteiger partial charge in [-0.05, 0) is 20.8 Å². The molecule has 0 amide bonds. The van der Waals surface area contributed by atoms with Gasteiger partial charge in [-0.1, -0.05) is 30.1 Å². The van der Waals surface area contributed by atoms with Gasteiger partial charge in [-0.15, -0.1) is 0 Å². The first-order chi connectivity index (χ1) is 5.71. The summed E-state index contributed by atoms with van der Waals surface area (Å²) in [5, 5.41) is 4.04. The number of aromatic nitrogens is 2. The quantitative estimate of drug-likeness (QED) is 0.576. The molecule has 0 aliphatic carbocycles. The third-order valence-corrected chi connectivity index (χ3v) is 1.90. The summed E-state index contributed by atoms with van der Waals surface area (Å²) in [6.07, 6.45) is 1.97. The first kappa shape index (κ1) is 10.2. The van der Waals surface area contributed by atoms with Crippen LogP contribution in [0.25, 0.3) is 0 Å². The van der Waals surface area contributed by atoms with Crippen LogP contribution in [0.3, 0.4) is 0 Å². The van der Waals surface area contributed by atoms with E-state index in [-0.39, 0.29) is 11.0 Å². The van der Waals surface area contributed by atoms with Gasteiger partial charge in [-0.25, -0.2) is 0 Å². The molecule has 1 heterocycles. The topological polar surface area (TPSA) is 29.9 Å². The second kappa shape index (κ2) is 2.82. The molecule has 74 valence electrons. The van der Waals surface area contributed by atoms with Crippen molar-refractivity contribution in [2.45, 2.75) is 52.5 Å². The summed E-state index contributed by atoms with van der Waals surface area (Å²) in [6.45, 7) is 12.6. The lowest BCUT2D eigenvalue weighted by molar-refractivity contribution is -0.914. The van der Waals surface area contributed by atoms with Gasteiger partial charge in [0.15, 0.2) is 11.4 Å². The van der Waals surface area contributed by atoms with Crippen LogP contribution in [0.1, 0.15) is 47.2 Å². The lowest BCUT2D eigenvalue weighted by atomic mass is 9.93. The van der Waals surface area contributed by atoms with Gasteiger partial charge in [0.1, 0.15) is 5.54 Å². The van der Waals surface area contributed by atoms with Crippen molar-refractivity contribution < 1.29 is 9.37 Å². The largest absolute Gasteiger partial charge is 0.248 e. The standard InChI is InChI=1S/C10H19N2O/c1-9(2,3)8-7-12(13-11-8)10(4,5)6/h7H,1-6H3/q+1. The fourth-order valence-electron chi connectivity index (χ4n) is 0.893. The average molecular weight is 183 g/mol. The maximum absolute atomic E-state index is 5.22. The van der Waals surface area contributed by atoms with E-state index in [0.717, 1.165) is 5.69 Å². The third-order valence-electron chi connectivity index (χ3n) is 1.90. The molecule has 0 saturated heterocycles. The van der Waals surface area contributed by atoms with Crippen molar-refractivity contribution in [1.82, 2.24) is 5.16 Å². The summed E-state index contributed by atoms with van der Waals surface area (Å²) in [7, 11) is 0. The molecule has 0 aliphatic rings. The maximum Gasteiger partial charge on any atom is 0.248 e. The Hall–Kier alpha value is -0.860. The average Bonchev–Trinajstić information content (AvgIpc) is 2.28. The van der Waals surface area contributed by atoms with Crippen LogP contribution in [0, 0.1) is 0 Å². The molecule has 0 atom stereocenters. The molecule has 3 nitrogen and oxygen atoms in total. The Balaban J connectivity index is 3.01. The van der Waals surface area contributed by atoms with Crippen LogP contribution in [0.15, 0.2) is 10.8 Å². The van der Waals surface area contributed by atoms with E-state index in [9.17, 15) is 0 Å². The summed E-state index contributed by atoms with van der Waals surface area (Å²) in [4.78, 5) is 0. The molecule has 13 heavy (non-hydrogen) atoms. The van der Waals surface area contributed by atoms with Crippen LogP contribution in [-0.2, 0) is 11.0 Å². The molecular weight excluding hydrogens is 164 g/mol. The van der Waals surface area contributed by atoms with E-state index in [2.05, 4.69) is 46.7 Å².